The monoisotopic (exact) mass is 241 g/mol. The van der Waals surface area contributed by atoms with Gasteiger partial charge in [0.05, 0.1) is 0 Å². The van der Waals surface area contributed by atoms with Crippen LogP contribution in [0.15, 0.2) is 30.0 Å². The molecule has 3 nitrogen and oxygen atoms in total. The van der Waals surface area contributed by atoms with Gasteiger partial charge < -0.3 is 9.80 Å². The molecule has 0 unspecified atom stereocenters. The first-order valence-electron chi connectivity index (χ1n) is 6.27. The van der Waals surface area contributed by atoms with E-state index in [-0.39, 0.29) is 0 Å². The van der Waals surface area contributed by atoms with Gasteiger partial charge in [-0.05, 0) is 14.1 Å². The van der Waals surface area contributed by atoms with E-state index in [0.29, 0.717) is 0 Å². The van der Waals surface area contributed by atoms with E-state index in [9.17, 15) is 0 Å². The molecule has 3 heteroatoms. The van der Waals surface area contributed by atoms with Crippen molar-refractivity contribution >= 4 is 6.21 Å². The van der Waals surface area contributed by atoms with Crippen molar-refractivity contribution in [2.24, 2.45) is 4.99 Å². The summed E-state index contributed by atoms with van der Waals surface area (Å²) >= 11 is 0. The maximum absolute atomic E-state index is 4.09. The Morgan fingerprint density at radius 3 is 1.88 bits per heavy atom. The molecule has 0 radical (unpaired) electrons. The average Bonchev–Trinajstić information content (AvgIpc) is 2.37. The van der Waals surface area contributed by atoms with Gasteiger partial charge in [0.15, 0.2) is 0 Å². The van der Waals surface area contributed by atoms with Crippen molar-refractivity contribution in [2.45, 2.75) is 27.7 Å². The molecular formula is C14H31N3. The van der Waals surface area contributed by atoms with E-state index in [1.807, 2.05) is 53.7 Å². The third kappa shape index (κ3) is 17.5. The maximum Gasteiger partial charge on any atom is 0.120 e. The fraction of sp³-hybridized carbons (Fsp3) is 0.643. The molecule has 0 spiro atoms. The molecule has 0 atom stereocenters. The first-order chi connectivity index (χ1) is 8.07. The van der Waals surface area contributed by atoms with Gasteiger partial charge in [-0.15, -0.1) is 0 Å². The fourth-order valence-electron chi connectivity index (χ4n) is 0.716. The highest BCUT2D eigenvalue weighted by atomic mass is 15.2. The maximum atomic E-state index is 4.09. The van der Waals surface area contributed by atoms with E-state index in [0.717, 1.165) is 18.9 Å². The Hall–Kier alpha value is -1.09. The van der Waals surface area contributed by atoms with E-state index < -0.39 is 0 Å². The number of likely N-dealkylation sites (N-methyl/N-ethyl adjacent to an activating group) is 2. The average molecular weight is 241 g/mol. The molecule has 0 fully saturated rings. The molecule has 0 aliphatic carbocycles. The standard InChI is InChI=1S/C10H19N3.2C2H6/c1-6-7-11-10(2)13(5)9-8-12(3)4;2*1-2/h6-7H,1-2,8-9H2,3-5H3;2*1-2H3/b11-7-;;. The molecular weight excluding hydrogens is 210 g/mol. The van der Waals surface area contributed by atoms with Gasteiger partial charge in [0.25, 0.3) is 0 Å². The molecule has 102 valence electrons. The molecule has 0 heterocycles. The van der Waals surface area contributed by atoms with Crippen LogP contribution in [0.5, 0.6) is 0 Å². The van der Waals surface area contributed by atoms with Crippen LogP contribution in [0.25, 0.3) is 0 Å². The molecule has 0 rings (SSSR count). The predicted octanol–water partition coefficient (Wildman–Crippen LogP) is 3.26. The number of nitrogens with zero attached hydrogens (tertiary/aromatic N) is 3. The zero-order valence-corrected chi connectivity index (χ0v) is 12.8. The third-order valence-corrected chi connectivity index (χ3v) is 1.65. The third-order valence-electron chi connectivity index (χ3n) is 1.65. The zero-order chi connectivity index (χ0) is 14.3. The molecule has 0 aromatic rings. The Morgan fingerprint density at radius 2 is 1.53 bits per heavy atom. The highest BCUT2D eigenvalue weighted by molar-refractivity contribution is 5.71. The molecule has 0 aromatic heterocycles. The highest BCUT2D eigenvalue weighted by Gasteiger charge is 1.99. The van der Waals surface area contributed by atoms with Gasteiger partial charge in [-0.1, -0.05) is 46.9 Å². The summed E-state index contributed by atoms with van der Waals surface area (Å²) in [5, 5.41) is 0. The Labute approximate surface area is 109 Å². The summed E-state index contributed by atoms with van der Waals surface area (Å²) < 4.78 is 0. The summed E-state index contributed by atoms with van der Waals surface area (Å²) in [4.78, 5) is 8.23. The minimum absolute atomic E-state index is 0.766. The van der Waals surface area contributed by atoms with Crippen LogP contribution in [-0.4, -0.2) is 50.2 Å². The first-order valence-corrected chi connectivity index (χ1v) is 6.27. The van der Waals surface area contributed by atoms with Crippen molar-refractivity contribution in [1.82, 2.24) is 9.80 Å². The van der Waals surface area contributed by atoms with Crippen LogP contribution in [0.4, 0.5) is 0 Å². The van der Waals surface area contributed by atoms with Gasteiger partial charge in [0.1, 0.15) is 5.82 Å². The highest BCUT2D eigenvalue weighted by Crippen LogP contribution is 1.98. The van der Waals surface area contributed by atoms with Gasteiger partial charge in [-0.2, -0.15) is 0 Å². The zero-order valence-electron chi connectivity index (χ0n) is 12.8. The van der Waals surface area contributed by atoms with Crippen LogP contribution in [-0.2, 0) is 0 Å². The van der Waals surface area contributed by atoms with Crippen LogP contribution in [0, 0.1) is 0 Å². The number of hydrogen-bond acceptors (Lipinski definition) is 3. The Kier molecular flexibility index (Phi) is 21.6. The molecule has 0 aliphatic rings. The topological polar surface area (TPSA) is 18.8 Å². The van der Waals surface area contributed by atoms with Gasteiger partial charge in [-0.25, -0.2) is 4.99 Å². The lowest BCUT2D eigenvalue weighted by Gasteiger charge is -2.20. The second-order valence-corrected chi connectivity index (χ2v) is 3.15. The minimum Gasteiger partial charge on any atom is -0.359 e. The molecule has 0 bridgehead atoms. The van der Waals surface area contributed by atoms with Crippen molar-refractivity contribution in [3.63, 3.8) is 0 Å². The van der Waals surface area contributed by atoms with Crippen molar-refractivity contribution in [3.8, 4) is 0 Å². The first kappa shape index (κ1) is 21.2. The summed E-state index contributed by atoms with van der Waals surface area (Å²) in [6, 6.07) is 0. The number of rotatable bonds is 6. The summed E-state index contributed by atoms with van der Waals surface area (Å²) in [6.07, 6.45) is 3.29. The quantitative estimate of drug-likeness (QED) is 0.665. The molecule has 0 N–H and O–H groups in total. The summed E-state index contributed by atoms with van der Waals surface area (Å²) in [6.45, 7) is 17.3. The van der Waals surface area contributed by atoms with Crippen molar-refractivity contribution < 1.29 is 0 Å². The van der Waals surface area contributed by atoms with Gasteiger partial charge in [0.2, 0.25) is 0 Å². The van der Waals surface area contributed by atoms with Crippen LogP contribution in [0.2, 0.25) is 0 Å². The van der Waals surface area contributed by atoms with E-state index in [1.54, 1.807) is 12.3 Å². The second kappa shape index (κ2) is 17.3. The van der Waals surface area contributed by atoms with Crippen molar-refractivity contribution in [1.29, 1.82) is 0 Å². The van der Waals surface area contributed by atoms with E-state index >= 15 is 0 Å². The smallest absolute Gasteiger partial charge is 0.120 e. The van der Waals surface area contributed by atoms with E-state index in [1.165, 1.54) is 0 Å². The van der Waals surface area contributed by atoms with Gasteiger partial charge >= 0.3 is 0 Å². The van der Waals surface area contributed by atoms with Crippen LogP contribution < -0.4 is 0 Å². The van der Waals surface area contributed by atoms with Crippen molar-refractivity contribution in [3.05, 3.63) is 25.1 Å². The Morgan fingerprint density at radius 1 is 1.06 bits per heavy atom. The fourth-order valence-corrected chi connectivity index (χ4v) is 0.716. The lowest BCUT2D eigenvalue weighted by molar-refractivity contribution is 0.325. The summed E-state index contributed by atoms with van der Waals surface area (Å²) in [7, 11) is 6.07. The Balaban J connectivity index is -0.000000439. The Bertz CT molecular complexity index is 196. The van der Waals surface area contributed by atoms with Crippen LogP contribution in [0.3, 0.4) is 0 Å². The second-order valence-electron chi connectivity index (χ2n) is 3.15. The summed E-state index contributed by atoms with van der Waals surface area (Å²) in [5.41, 5.74) is 0. The van der Waals surface area contributed by atoms with E-state index in [2.05, 4.69) is 23.1 Å². The predicted molar refractivity (Wildman–Crippen MR) is 81.7 cm³/mol. The lowest BCUT2D eigenvalue weighted by atomic mass is 10.5. The molecule has 0 aliphatic heterocycles. The largest absolute Gasteiger partial charge is 0.359 e. The SMILES string of the molecule is C=C/C=N\C(=C)N(C)CCN(C)C.CC.CC. The van der Waals surface area contributed by atoms with Crippen molar-refractivity contribution in [2.75, 3.05) is 34.2 Å². The number of aliphatic imine (C=N–C) groups is 1. The lowest BCUT2D eigenvalue weighted by Crippen LogP contribution is -2.27. The molecule has 0 saturated carbocycles. The summed E-state index contributed by atoms with van der Waals surface area (Å²) in [5.74, 6) is 0.766. The normalized spacial score (nSPS) is 8.94. The number of allylic oxidation sites excluding steroid dienone is 1. The number of hydrogen-bond donors (Lipinski definition) is 0. The molecule has 0 amide bonds. The minimum atomic E-state index is 0.766. The van der Waals surface area contributed by atoms with Gasteiger partial charge in [0, 0.05) is 26.4 Å². The molecule has 0 aromatic carbocycles. The van der Waals surface area contributed by atoms with Crippen LogP contribution in [0.1, 0.15) is 27.7 Å². The van der Waals surface area contributed by atoms with Crippen LogP contribution >= 0.6 is 0 Å². The van der Waals surface area contributed by atoms with Gasteiger partial charge in [-0.3, -0.25) is 0 Å². The van der Waals surface area contributed by atoms with E-state index in [4.69, 9.17) is 0 Å². The molecule has 17 heavy (non-hydrogen) atoms. The molecule has 0 saturated heterocycles.